The number of para-hydroxylation sites is 1. The molecule has 3 heterocycles. The van der Waals surface area contributed by atoms with Crippen molar-refractivity contribution in [2.45, 2.75) is 19.3 Å². The van der Waals surface area contributed by atoms with E-state index in [1.807, 2.05) is 25.1 Å². The molecule has 32 heavy (non-hydrogen) atoms. The van der Waals surface area contributed by atoms with Crippen LogP contribution in [-0.2, 0) is 7.05 Å². The van der Waals surface area contributed by atoms with E-state index in [4.69, 9.17) is 14.5 Å². The third-order valence-electron chi connectivity index (χ3n) is 5.91. The van der Waals surface area contributed by atoms with E-state index >= 15 is 0 Å². The zero-order chi connectivity index (χ0) is 22.2. The summed E-state index contributed by atoms with van der Waals surface area (Å²) < 4.78 is 12.9. The molecule has 1 saturated carbocycles. The predicted octanol–water partition coefficient (Wildman–Crippen LogP) is 3.89. The first kappa shape index (κ1) is 20.2. The van der Waals surface area contributed by atoms with Crippen molar-refractivity contribution in [3.8, 4) is 22.8 Å². The van der Waals surface area contributed by atoms with Gasteiger partial charge in [0.15, 0.2) is 5.75 Å². The Labute approximate surface area is 185 Å². The molecule has 1 aromatic carbocycles. The van der Waals surface area contributed by atoms with E-state index in [1.54, 1.807) is 25.5 Å². The van der Waals surface area contributed by atoms with Gasteiger partial charge in [0.05, 0.1) is 24.8 Å². The van der Waals surface area contributed by atoms with Crippen LogP contribution >= 0.6 is 0 Å². The molecule has 0 radical (unpaired) electrons. The highest BCUT2D eigenvalue weighted by Crippen LogP contribution is 2.47. The van der Waals surface area contributed by atoms with Crippen molar-refractivity contribution in [2.75, 3.05) is 13.7 Å². The topological polar surface area (TPSA) is 79.1 Å². The summed E-state index contributed by atoms with van der Waals surface area (Å²) in [4.78, 5) is 25.8. The van der Waals surface area contributed by atoms with Gasteiger partial charge in [0.25, 0.3) is 5.56 Å². The molecule has 0 saturated heterocycles. The lowest BCUT2D eigenvalue weighted by Crippen LogP contribution is -2.18. The molecule has 1 unspecified atom stereocenters. The van der Waals surface area contributed by atoms with Gasteiger partial charge < -0.3 is 14.0 Å². The van der Waals surface area contributed by atoms with Gasteiger partial charge in [-0.15, -0.1) is 0 Å². The van der Waals surface area contributed by atoms with E-state index in [1.165, 1.54) is 11.7 Å². The van der Waals surface area contributed by atoms with Crippen LogP contribution in [-0.4, -0.2) is 33.2 Å². The van der Waals surface area contributed by atoms with E-state index in [2.05, 4.69) is 28.2 Å². The number of nitrogens with zero attached hydrogens (tertiary/aromatic N) is 4. The summed E-state index contributed by atoms with van der Waals surface area (Å²) in [6, 6.07) is 14.1. The molecular formula is C25H24N4O3. The molecule has 1 aliphatic rings. The summed E-state index contributed by atoms with van der Waals surface area (Å²) >= 11 is 0. The Morgan fingerprint density at radius 2 is 2.00 bits per heavy atom. The third kappa shape index (κ3) is 3.82. The monoisotopic (exact) mass is 428 g/mol. The minimum atomic E-state index is -0.199. The zero-order valence-corrected chi connectivity index (χ0v) is 18.3. The number of hydrogen-bond acceptors (Lipinski definition) is 6. The van der Waals surface area contributed by atoms with Gasteiger partial charge in [0.1, 0.15) is 5.82 Å². The van der Waals surface area contributed by atoms with Crippen LogP contribution in [0, 0.1) is 12.8 Å². The molecule has 0 amide bonds. The lowest BCUT2D eigenvalue weighted by molar-refractivity contribution is 0.285. The Morgan fingerprint density at radius 1 is 1.16 bits per heavy atom. The molecule has 4 aromatic rings. The second kappa shape index (κ2) is 8.07. The number of pyridine rings is 2. The van der Waals surface area contributed by atoms with Gasteiger partial charge in [-0.05, 0) is 31.5 Å². The maximum Gasteiger partial charge on any atom is 0.292 e. The number of rotatable bonds is 6. The average molecular weight is 428 g/mol. The first-order chi connectivity index (χ1) is 15.5. The van der Waals surface area contributed by atoms with Crippen molar-refractivity contribution in [1.82, 2.24) is 19.5 Å². The molecule has 0 spiro atoms. The van der Waals surface area contributed by atoms with E-state index in [0.29, 0.717) is 30.1 Å². The summed E-state index contributed by atoms with van der Waals surface area (Å²) in [7, 11) is 3.17. The summed E-state index contributed by atoms with van der Waals surface area (Å²) in [5.41, 5.74) is 3.43. The molecule has 5 rings (SSSR count). The minimum absolute atomic E-state index is 0.199. The van der Waals surface area contributed by atoms with Crippen LogP contribution in [0.1, 0.15) is 23.9 Å². The second-order valence-electron chi connectivity index (χ2n) is 8.19. The fraction of sp³-hybridized carbons (Fsp3) is 0.280. The molecule has 1 aliphatic carbocycles. The Hall–Kier alpha value is -3.74. The second-order valence-corrected chi connectivity index (χ2v) is 8.19. The van der Waals surface area contributed by atoms with E-state index in [9.17, 15) is 4.79 Å². The summed E-state index contributed by atoms with van der Waals surface area (Å²) in [6.45, 7) is 2.38. The maximum absolute atomic E-state index is 12.2. The van der Waals surface area contributed by atoms with Crippen LogP contribution in [0.4, 0.5) is 0 Å². The van der Waals surface area contributed by atoms with Gasteiger partial charge >= 0.3 is 0 Å². The maximum atomic E-state index is 12.2. The van der Waals surface area contributed by atoms with Gasteiger partial charge in [0, 0.05) is 47.9 Å². The number of benzene rings is 1. The SMILES string of the molecule is COc1cc(-c2cnc(C)nc2OCC2C[C@@H]2c2ccc3ccccc3n2)cn(C)c1=O. The van der Waals surface area contributed by atoms with Gasteiger partial charge in [-0.25, -0.2) is 4.98 Å². The standard InChI is InChI=1S/C25H24N4O3/c1-15-26-12-20(17-11-23(31-3)25(30)29(2)13-17)24(27-15)32-14-18-10-19(18)22-9-8-16-6-4-5-7-21(16)28-22/h4-9,11-13,18-19H,10,14H2,1-3H3/t18?,19-/m0/s1. The first-order valence-electron chi connectivity index (χ1n) is 10.6. The molecule has 0 N–H and O–H groups in total. The fourth-order valence-electron chi connectivity index (χ4n) is 4.00. The molecule has 7 heteroatoms. The number of methoxy groups -OCH3 is 1. The number of aromatic nitrogens is 4. The van der Waals surface area contributed by atoms with Gasteiger partial charge in [-0.2, -0.15) is 4.98 Å². The van der Waals surface area contributed by atoms with Gasteiger partial charge in [-0.1, -0.05) is 24.3 Å². The molecule has 162 valence electrons. The van der Waals surface area contributed by atoms with Crippen LogP contribution < -0.4 is 15.0 Å². The Morgan fingerprint density at radius 3 is 2.84 bits per heavy atom. The highest BCUT2D eigenvalue weighted by Gasteiger charge is 2.40. The highest BCUT2D eigenvalue weighted by molar-refractivity contribution is 5.78. The normalized spacial score (nSPS) is 17.3. The average Bonchev–Trinajstić information content (AvgIpc) is 3.59. The largest absolute Gasteiger partial charge is 0.491 e. The number of hydrogen-bond donors (Lipinski definition) is 0. The summed E-state index contributed by atoms with van der Waals surface area (Å²) in [5.74, 6) is 2.19. The van der Waals surface area contributed by atoms with E-state index in [0.717, 1.165) is 34.1 Å². The molecule has 7 nitrogen and oxygen atoms in total. The quantitative estimate of drug-likeness (QED) is 0.464. The van der Waals surface area contributed by atoms with Crippen LogP contribution in [0.15, 0.2) is 59.7 Å². The van der Waals surface area contributed by atoms with Crippen LogP contribution in [0.3, 0.4) is 0 Å². The van der Waals surface area contributed by atoms with Gasteiger partial charge in [-0.3, -0.25) is 9.78 Å². The first-order valence-corrected chi connectivity index (χ1v) is 10.6. The number of aryl methyl sites for hydroxylation is 2. The van der Waals surface area contributed by atoms with Crippen molar-refractivity contribution in [1.29, 1.82) is 0 Å². The fourth-order valence-corrected chi connectivity index (χ4v) is 4.00. The molecule has 0 bridgehead atoms. The van der Waals surface area contributed by atoms with Gasteiger partial charge in [0.2, 0.25) is 5.88 Å². The highest BCUT2D eigenvalue weighted by atomic mass is 16.5. The molecule has 1 fully saturated rings. The lowest BCUT2D eigenvalue weighted by atomic mass is 10.1. The van der Waals surface area contributed by atoms with Crippen molar-refractivity contribution in [2.24, 2.45) is 13.0 Å². The third-order valence-corrected chi connectivity index (χ3v) is 5.91. The summed E-state index contributed by atoms with van der Waals surface area (Å²) in [5, 5.41) is 1.15. The Balaban J connectivity index is 1.36. The van der Waals surface area contributed by atoms with Crippen LogP contribution in [0.5, 0.6) is 11.6 Å². The number of fused-ring (bicyclic) bond motifs is 1. The predicted molar refractivity (Wildman–Crippen MR) is 122 cm³/mol. The van der Waals surface area contributed by atoms with Crippen molar-refractivity contribution in [3.05, 3.63) is 76.7 Å². The smallest absolute Gasteiger partial charge is 0.292 e. The van der Waals surface area contributed by atoms with Crippen LogP contribution in [0.25, 0.3) is 22.0 Å². The van der Waals surface area contributed by atoms with Crippen molar-refractivity contribution < 1.29 is 9.47 Å². The molecular weight excluding hydrogens is 404 g/mol. The van der Waals surface area contributed by atoms with Crippen LogP contribution in [0.2, 0.25) is 0 Å². The number of ether oxygens (including phenoxy) is 2. The Kier molecular flexibility index (Phi) is 5.09. The zero-order valence-electron chi connectivity index (χ0n) is 18.3. The van der Waals surface area contributed by atoms with E-state index < -0.39 is 0 Å². The Bertz CT molecular complexity index is 1370. The molecule has 2 atom stereocenters. The lowest BCUT2D eigenvalue weighted by Gasteiger charge is -2.13. The molecule has 3 aromatic heterocycles. The van der Waals surface area contributed by atoms with Crippen molar-refractivity contribution in [3.63, 3.8) is 0 Å². The molecule has 0 aliphatic heterocycles. The van der Waals surface area contributed by atoms with Crippen molar-refractivity contribution >= 4 is 10.9 Å². The summed E-state index contributed by atoms with van der Waals surface area (Å²) in [6.07, 6.45) is 4.51. The van der Waals surface area contributed by atoms with E-state index in [-0.39, 0.29) is 11.3 Å². The minimum Gasteiger partial charge on any atom is -0.491 e.